The molecule has 0 aliphatic heterocycles. The summed E-state index contributed by atoms with van der Waals surface area (Å²) >= 11 is 3.20. The molecule has 146 valence electrons. The predicted octanol–water partition coefficient (Wildman–Crippen LogP) is 4.08. The van der Waals surface area contributed by atoms with Crippen LogP contribution in [0.3, 0.4) is 0 Å². The smallest absolute Gasteiger partial charge is 0.313 e. The number of esters is 1. The van der Waals surface area contributed by atoms with Gasteiger partial charge in [-0.3, -0.25) is 14.6 Å². The van der Waals surface area contributed by atoms with Crippen LogP contribution in [-0.2, 0) is 11.3 Å². The standard InChI is InChI=1S/C20H19BrFN3O3/c1-20(2,3)10-16(26)28-18-14-5-4-8-23-17(14)19(27)25(24-18)11-12-6-7-13(21)9-15(12)22/h4-9H,10-11H2,1-3H3. The third kappa shape index (κ3) is 4.62. The van der Waals surface area contributed by atoms with Crippen LogP contribution in [0.25, 0.3) is 10.9 Å². The fourth-order valence-corrected chi connectivity index (χ4v) is 2.98. The van der Waals surface area contributed by atoms with Gasteiger partial charge in [0.1, 0.15) is 11.3 Å². The van der Waals surface area contributed by atoms with E-state index in [1.807, 2.05) is 20.8 Å². The van der Waals surface area contributed by atoms with Gasteiger partial charge >= 0.3 is 5.97 Å². The third-order valence-corrected chi connectivity index (χ3v) is 4.40. The molecule has 3 rings (SSSR count). The zero-order chi connectivity index (χ0) is 20.5. The fourth-order valence-electron chi connectivity index (χ4n) is 2.65. The molecule has 0 radical (unpaired) electrons. The number of carbonyl (C=O) groups is 1. The van der Waals surface area contributed by atoms with E-state index in [1.54, 1.807) is 24.3 Å². The zero-order valence-corrected chi connectivity index (χ0v) is 17.3. The number of ether oxygens (including phenoxy) is 1. The second kappa shape index (κ2) is 7.79. The van der Waals surface area contributed by atoms with Gasteiger partial charge in [-0.2, -0.15) is 0 Å². The van der Waals surface area contributed by atoms with Crippen LogP contribution in [0.5, 0.6) is 5.88 Å². The Morgan fingerprint density at radius 3 is 2.71 bits per heavy atom. The molecule has 0 bridgehead atoms. The Kier molecular flexibility index (Phi) is 5.60. The number of benzene rings is 1. The van der Waals surface area contributed by atoms with Crippen LogP contribution >= 0.6 is 15.9 Å². The summed E-state index contributed by atoms with van der Waals surface area (Å²) in [4.78, 5) is 29.1. The van der Waals surface area contributed by atoms with E-state index in [2.05, 4.69) is 26.0 Å². The van der Waals surface area contributed by atoms with Crippen LogP contribution in [0.2, 0.25) is 0 Å². The quantitative estimate of drug-likeness (QED) is 0.563. The molecule has 0 unspecified atom stereocenters. The van der Waals surface area contributed by atoms with Crippen LogP contribution in [-0.4, -0.2) is 20.7 Å². The van der Waals surface area contributed by atoms with Gasteiger partial charge in [-0.15, -0.1) is 5.10 Å². The second-order valence-electron chi connectivity index (χ2n) is 7.61. The van der Waals surface area contributed by atoms with Crippen molar-refractivity contribution in [3.8, 4) is 5.88 Å². The molecule has 6 nitrogen and oxygen atoms in total. The molecule has 0 fully saturated rings. The van der Waals surface area contributed by atoms with E-state index in [4.69, 9.17) is 4.74 Å². The second-order valence-corrected chi connectivity index (χ2v) is 8.53. The van der Waals surface area contributed by atoms with Crippen molar-refractivity contribution in [2.45, 2.75) is 33.7 Å². The van der Waals surface area contributed by atoms with E-state index in [1.165, 1.54) is 12.3 Å². The van der Waals surface area contributed by atoms with Crippen LogP contribution in [0.15, 0.2) is 45.8 Å². The van der Waals surface area contributed by atoms with E-state index >= 15 is 0 Å². The van der Waals surface area contributed by atoms with Gasteiger partial charge in [0, 0.05) is 16.2 Å². The third-order valence-electron chi connectivity index (χ3n) is 3.91. The van der Waals surface area contributed by atoms with E-state index < -0.39 is 17.3 Å². The van der Waals surface area contributed by atoms with Crippen molar-refractivity contribution < 1.29 is 13.9 Å². The Hall–Kier alpha value is -2.61. The maximum absolute atomic E-state index is 14.2. The van der Waals surface area contributed by atoms with Gasteiger partial charge in [0.2, 0.25) is 5.88 Å². The summed E-state index contributed by atoms with van der Waals surface area (Å²) in [7, 11) is 0. The molecule has 2 aromatic heterocycles. The number of aromatic nitrogens is 3. The first-order chi connectivity index (χ1) is 13.1. The predicted molar refractivity (Wildman–Crippen MR) is 107 cm³/mol. The molecule has 0 aliphatic rings. The molecular formula is C20H19BrFN3O3. The van der Waals surface area contributed by atoms with Crippen LogP contribution < -0.4 is 10.3 Å². The van der Waals surface area contributed by atoms with Crippen LogP contribution in [0.1, 0.15) is 32.8 Å². The van der Waals surface area contributed by atoms with Crippen molar-refractivity contribution in [3.63, 3.8) is 0 Å². The van der Waals surface area contributed by atoms with Crippen molar-refractivity contribution >= 4 is 32.8 Å². The highest BCUT2D eigenvalue weighted by molar-refractivity contribution is 9.10. The number of rotatable bonds is 4. The first kappa shape index (κ1) is 20.1. The zero-order valence-electron chi connectivity index (χ0n) is 15.7. The lowest BCUT2D eigenvalue weighted by atomic mass is 9.92. The average molecular weight is 448 g/mol. The molecule has 0 saturated carbocycles. The summed E-state index contributed by atoms with van der Waals surface area (Å²) < 4.78 is 21.3. The normalized spacial score (nSPS) is 11.6. The molecule has 0 N–H and O–H groups in total. The Balaban J connectivity index is 2.05. The summed E-state index contributed by atoms with van der Waals surface area (Å²) in [5.74, 6) is -0.963. The molecule has 0 atom stereocenters. The monoisotopic (exact) mass is 447 g/mol. The van der Waals surface area contributed by atoms with Gasteiger partial charge in [0.25, 0.3) is 5.56 Å². The molecule has 8 heteroatoms. The van der Waals surface area contributed by atoms with Crippen LogP contribution in [0, 0.1) is 11.2 Å². The molecule has 3 aromatic rings. The first-order valence-electron chi connectivity index (χ1n) is 8.64. The van der Waals surface area contributed by atoms with E-state index in [0.29, 0.717) is 9.86 Å². The summed E-state index contributed by atoms with van der Waals surface area (Å²) in [5, 5.41) is 4.51. The molecule has 28 heavy (non-hydrogen) atoms. The Bertz CT molecular complexity index is 1110. The summed E-state index contributed by atoms with van der Waals surface area (Å²) in [6.45, 7) is 5.63. The number of hydrogen-bond acceptors (Lipinski definition) is 5. The van der Waals surface area contributed by atoms with Crippen molar-refractivity contribution in [1.82, 2.24) is 14.8 Å². The van der Waals surface area contributed by atoms with Gasteiger partial charge in [0.15, 0.2) is 0 Å². The summed E-state index contributed by atoms with van der Waals surface area (Å²) in [6, 6.07) is 7.78. The van der Waals surface area contributed by atoms with Crippen molar-refractivity contribution in [2.24, 2.45) is 5.41 Å². The van der Waals surface area contributed by atoms with Gasteiger partial charge < -0.3 is 4.74 Å². The van der Waals surface area contributed by atoms with Crippen LogP contribution in [0.4, 0.5) is 4.39 Å². The average Bonchev–Trinajstić information content (AvgIpc) is 2.59. The van der Waals surface area contributed by atoms with Crippen molar-refractivity contribution in [1.29, 1.82) is 0 Å². The number of halogens is 2. The highest BCUT2D eigenvalue weighted by atomic mass is 79.9. The SMILES string of the molecule is CC(C)(C)CC(=O)Oc1nn(Cc2ccc(Br)cc2F)c(=O)c2ncccc12. The van der Waals surface area contributed by atoms with Crippen molar-refractivity contribution in [3.05, 3.63) is 62.7 Å². The van der Waals surface area contributed by atoms with E-state index in [-0.39, 0.29) is 35.3 Å². The molecule has 0 saturated heterocycles. The number of hydrogen-bond donors (Lipinski definition) is 0. The highest BCUT2D eigenvalue weighted by Gasteiger charge is 2.21. The van der Waals surface area contributed by atoms with Gasteiger partial charge in [-0.1, -0.05) is 42.8 Å². The van der Waals surface area contributed by atoms with Gasteiger partial charge in [-0.25, -0.2) is 9.07 Å². The maximum Gasteiger partial charge on any atom is 0.313 e. The largest absolute Gasteiger partial charge is 0.405 e. The van der Waals surface area contributed by atoms with Crippen molar-refractivity contribution in [2.75, 3.05) is 0 Å². The lowest BCUT2D eigenvalue weighted by Gasteiger charge is -2.17. The number of nitrogens with zero attached hydrogens (tertiary/aromatic N) is 3. The lowest BCUT2D eigenvalue weighted by Crippen LogP contribution is -2.27. The molecule has 1 aromatic carbocycles. The van der Waals surface area contributed by atoms with E-state index in [0.717, 1.165) is 4.68 Å². The van der Waals surface area contributed by atoms with E-state index in [9.17, 15) is 14.0 Å². The summed E-state index contributed by atoms with van der Waals surface area (Å²) in [5.41, 5.74) is -0.373. The molecule has 0 aliphatic carbocycles. The lowest BCUT2D eigenvalue weighted by molar-refractivity contribution is -0.136. The minimum atomic E-state index is -0.492. The maximum atomic E-state index is 14.2. The number of carbonyl (C=O) groups excluding carboxylic acids is 1. The van der Waals surface area contributed by atoms with Gasteiger partial charge in [-0.05, 0) is 29.7 Å². The number of pyridine rings is 1. The molecule has 0 spiro atoms. The highest BCUT2D eigenvalue weighted by Crippen LogP contribution is 2.23. The molecule has 0 amide bonds. The minimum Gasteiger partial charge on any atom is -0.405 e. The Labute approximate surface area is 169 Å². The Morgan fingerprint density at radius 2 is 2.04 bits per heavy atom. The number of fused-ring (bicyclic) bond motifs is 1. The topological polar surface area (TPSA) is 74.1 Å². The minimum absolute atomic E-state index is 0.0190. The molecular weight excluding hydrogens is 429 g/mol. The molecule has 2 heterocycles. The first-order valence-corrected chi connectivity index (χ1v) is 9.44. The summed E-state index contributed by atoms with van der Waals surface area (Å²) in [6.07, 6.45) is 1.64. The Morgan fingerprint density at radius 1 is 1.29 bits per heavy atom. The fraction of sp³-hybridized carbons (Fsp3) is 0.300. The van der Waals surface area contributed by atoms with Gasteiger partial charge in [0.05, 0.1) is 18.4 Å².